The average molecular weight is 293 g/mol. The van der Waals surface area contributed by atoms with Crippen molar-refractivity contribution in [3.8, 4) is 5.88 Å². The van der Waals surface area contributed by atoms with Crippen molar-refractivity contribution >= 4 is 22.8 Å². The van der Waals surface area contributed by atoms with Gasteiger partial charge in [0.05, 0.1) is 16.8 Å². The Morgan fingerprint density at radius 1 is 1.40 bits per heavy atom. The highest BCUT2D eigenvalue weighted by molar-refractivity contribution is 7.09. The fourth-order valence-corrected chi connectivity index (χ4v) is 2.32. The van der Waals surface area contributed by atoms with Crippen LogP contribution in [0.25, 0.3) is 0 Å². The summed E-state index contributed by atoms with van der Waals surface area (Å²) >= 11 is 1.65. The van der Waals surface area contributed by atoms with Crippen LogP contribution in [0.5, 0.6) is 5.88 Å². The van der Waals surface area contributed by atoms with Crippen molar-refractivity contribution in [3.05, 3.63) is 22.4 Å². The smallest absolute Gasteiger partial charge is 0.242 e. The van der Waals surface area contributed by atoms with Gasteiger partial charge in [-0.3, -0.25) is 0 Å². The molecule has 0 aromatic carbocycles. The largest absolute Gasteiger partial charge is 0.473 e. The molecule has 0 aliphatic rings. The van der Waals surface area contributed by atoms with Crippen molar-refractivity contribution in [3.63, 3.8) is 0 Å². The quantitative estimate of drug-likeness (QED) is 0.849. The number of nitrogen functional groups attached to an aromatic ring is 1. The van der Waals surface area contributed by atoms with Crippen LogP contribution in [0.4, 0.5) is 11.5 Å². The number of thiazole rings is 1. The number of nitrogens with two attached hydrogens (primary N) is 1. The van der Waals surface area contributed by atoms with Gasteiger partial charge in [-0.2, -0.15) is 4.98 Å². The van der Waals surface area contributed by atoms with Crippen LogP contribution < -0.4 is 15.8 Å². The molecule has 0 fully saturated rings. The van der Waals surface area contributed by atoms with Gasteiger partial charge >= 0.3 is 0 Å². The van der Waals surface area contributed by atoms with E-state index in [9.17, 15) is 0 Å². The number of nitrogens with zero attached hydrogens (tertiary/aromatic N) is 3. The molecule has 0 atom stereocenters. The maximum atomic E-state index is 5.99. The van der Waals surface area contributed by atoms with Gasteiger partial charge in [-0.15, -0.1) is 11.3 Å². The Hall–Kier alpha value is -1.89. The SMILES string of the molecule is Cc1nc(CCNc2ncnc(OC(C)C)c2N)cs1. The third-order valence-corrected chi connectivity index (χ3v) is 3.36. The van der Waals surface area contributed by atoms with Crippen LogP contribution in [-0.2, 0) is 6.42 Å². The second-order valence-electron chi connectivity index (χ2n) is 4.64. The zero-order valence-corrected chi connectivity index (χ0v) is 12.7. The number of hydrogen-bond donors (Lipinski definition) is 2. The Balaban J connectivity index is 1.95. The van der Waals surface area contributed by atoms with Gasteiger partial charge in [0.2, 0.25) is 5.88 Å². The van der Waals surface area contributed by atoms with Crippen molar-refractivity contribution < 1.29 is 4.74 Å². The average Bonchev–Trinajstić information content (AvgIpc) is 2.79. The summed E-state index contributed by atoms with van der Waals surface area (Å²) in [5, 5.41) is 6.33. The van der Waals surface area contributed by atoms with Gasteiger partial charge < -0.3 is 15.8 Å². The Bertz CT molecular complexity index is 570. The van der Waals surface area contributed by atoms with E-state index in [0.29, 0.717) is 23.9 Å². The molecule has 0 saturated carbocycles. The zero-order chi connectivity index (χ0) is 14.5. The summed E-state index contributed by atoms with van der Waals surface area (Å²) in [5.41, 5.74) is 7.50. The number of rotatable bonds is 6. The summed E-state index contributed by atoms with van der Waals surface area (Å²) < 4.78 is 5.53. The number of hydrogen-bond acceptors (Lipinski definition) is 7. The van der Waals surface area contributed by atoms with Gasteiger partial charge in [-0.05, 0) is 20.8 Å². The minimum atomic E-state index is 0.0260. The van der Waals surface area contributed by atoms with Crippen molar-refractivity contribution in [2.24, 2.45) is 0 Å². The summed E-state index contributed by atoms with van der Waals surface area (Å²) in [4.78, 5) is 12.6. The van der Waals surface area contributed by atoms with Crippen LogP contribution in [0.3, 0.4) is 0 Å². The summed E-state index contributed by atoms with van der Waals surface area (Å²) in [6, 6.07) is 0. The first-order valence-corrected chi connectivity index (χ1v) is 7.36. The summed E-state index contributed by atoms with van der Waals surface area (Å²) in [5.74, 6) is 1.02. The third kappa shape index (κ3) is 3.80. The van der Waals surface area contributed by atoms with E-state index in [4.69, 9.17) is 10.5 Å². The summed E-state index contributed by atoms with van der Waals surface area (Å²) in [7, 11) is 0. The molecule has 3 N–H and O–H groups in total. The highest BCUT2D eigenvalue weighted by Gasteiger charge is 2.10. The van der Waals surface area contributed by atoms with Gasteiger partial charge in [0.1, 0.15) is 12.0 Å². The fourth-order valence-electron chi connectivity index (χ4n) is 1.67. The van der Waals surface area contributed by atoms with Crippen LogP contribution in [-0.4, -0.2) is 27.6 Å². The van der Waals surface area contributed by atoms with Crippen LogP contribution in [0.1, 0.15) is 24.5 Å². The fraction of sp³-hybridized carbons (Fsp3) is 0.462. The topological polar surface area (TPSA) is 86.0 Å². The highest BCUT2D eigenvalue weighted by Crippen LogP contribution is 2.25. The first-order valence-electron chi connectivity index (χ1n) is 6.48. The van der Waals surface area contributed by atoms with Crippen LogP contribution in [0.15, 0.2) is 11.7 Å². The molecule has 0 amide bonds. The molecule has 6 nitrogen and oxygen atoms in total. The summed E-state index contributed by atoms with van der Waals surface area (Å²) in [6.07, 6.45) is 2.30. The molecule has 7 heteroatoms. The van der Waals surface area contributed by atoms with Gasteiger partial charge in [0.25, 0.3) is 0 Å². The van der Waals surface area contributed by atoms with E-state index >= 15 is 0 Å². The first-order chi connectivity index (χ1) is 9.56. The second kappa shape index (κ2) is 6.51. The molecule has 0 aliphatic heterocycles. The molecule has 0 bridgehead atoms. The lowest BCUT2D eigenvalue weighted by Crippen LogP contribution is -2.13. The van der Waals surface area contributed by atoms with Crippen LogP contribution in [0, 0.1) is 6.92 Å². The molecule has 2 heterocycles. The number of aryl methyl sites for hydroxylation is 1. The van der Waals surface area contributed by atoms with E-state index in [2.05, 4.69) is 25.6 Å². The number of ether oxygens (including phenoxy) is 1. The number of anilines is 2. The van der Waals surface area contributed by atoms with Gasteiger partial charge in [0.15, 0.2) is 5.82 Å². The van der Waals surface area contributed by atoms with E-state index in [-0.39, 0.29) is 6.10 Å². The number of aromatic nitrogens is 3. The molecule has 0 unspecified atom stereocenters. The Labute approximate surface area is 122 Å². The molecule has 2 aromatic rings. The predicted molar refractivity (Wildman–Crippen MR) is 81.3 cm³/mol. The van der Waals surface area contributed by atoms with Gasteiger partial charge in [0, 0.05) is 18.3 Å². The monoisotopic (exact) mass is 293 g/mol. The van der Waals surface area contributed by atoms with E-state index in [1.54, 1.807) is 11.3 Å². The van der Waals surface area contributed by atoms with Crippen LogP contribution in [0.2, 0.25) is 0 Å². The van der Waals surface area contributed by atoms with E-state index in [1.165, 1.54) is 6.33 Å². The standard InChI is InChI=1S/C13H19N5OS/c1-8(2)19-13-11(14)12(16-7-17-13)15-5-4-10-6-20-9(3)18-10/h6-8H,4-5,14H2,1-3H3,(H,15,16,17). The Morgan fingerprint density at radius 2 is 2.20 bits per heavy atom. The second-order valence-corrected chi connectivity index (χ2v) is 5.70. The predicted octanol–water partition coefficient (Wildman–Crippen LogP) is 2.27. The Kier molecular flexibility index (Phi) is 4.73. The van der Waals surface area contributed by atoms with Crippen molar-refractivity contribution in [2.75, 3.05) is 17.6 Å². The van der Waals surface area contributed by atoms with Gasteiger partial charge in [-0.1, -0.05) is 0 Å². The molecule has 108 valence electrons. The maximum absolute atomic E-state index is 5.99. The van der Waals surface area contributed by atoms with Crippen molar-refractivity contribution in [1.82, 2.24) is 15.0 Å². The maximum Gasteiger partial charge on any atom is 0.242 e. The lowest BCUT2D eigenvalue weighted by atomic mass is 10.3. The van der Waals surface area contributed by atoms with Crippen LogP contribution >= 0.6 is 11.3 Å². The number of nitrogens with one attached hydrogen (secondary N) is 1. The first kappa shape index (κ1) is 14.5. The van der Waals surface area contributed by atoms with E-state index < -0.39 is 0 Å². The molecule has 2 rings (SSSR count). The molecule has 0 spiro atoms. The van der Waals surface area contributed by atoms with E-state index in [0.717, 1.165) is 17.1 Å². The van der Waals surface area contributed by atoms with Crippen molar-refractivity contribution in [2.45, 2.75) is 33.3 Å². The molecular formula is C13H19N5OS. The highest BCUT2D eigenvalue weighted by atomic mass is 32.1. The lowest BCUT2D eigenvalue weighted by Gasteiger charge is -2.13. The lowest BCUT2D eigenvalue weighted by molar-refractivity contribution is 0.234. The van der Waals surface area contributed by atoms with Gasteiger partial charge in [-0.25, -0.2) is 9.97 Å². The molecule has 2 aromatic heterocycles. The molecule has 20 heavy (non-hydrogen) atoms. The Morgan fingerprint density at radius 3 is 2.85 bits per heavy atom. The molecule has 0 aliphatic carbocycles. The summed E-state index contributed by atoms with van der Waals surface area (Å²) in [6.45, 7) is 6.57. The molecular weight excluding hydrogens is 274 g/mol. The minimum absolute atomic E-state index is 0.0260. The minimum Gasteiger partial charge on any atom is -0.473 e. The molecule has 0 saturated heterocycles. The van der Waals surface area contributed by atoms with E-state index in [1.807, 2.05) is 20.8 Å². The normalized spacial score (nSPS) is 10.8. The van der Waals surface area contributed by atoms with Crippen molar-refractivity contribution in [1.29, 1.82) is 0 Å². The zero-order valence-electron chi connectivity index (χ0n) is 11.9. The molecule has 0 radical (unpaired) electrons. The third-order valence-electron chi connectivity index (χ3n) is 2.53.